The molecular weight excluding hydrogens is 368 g/mol. The van der Waals surface area contributed by atoms with Crippen LogP contribution in [-0.2, 0) is 4.79 Å². The lowest BCUT2D eigenvalue weighted by atomic mass is 10.1. The maximum atomic E-state index is 12.1. The van der Waals surface area contributed by atoms with Crippen LogP contribution >= 0.6 is 34.2 Å². The Hall–Kier alpha value is -0.820. The lowest BCUT2D eigenvalue weighted by Gasteiger charge is -2.20. The molecule has 0 bridgehead atoms. The summed E-state index contributed by atoms with van der Waals surface area (Å²) >= 11 is 7.90. The molecular formula is C12H13ClINO3. The zero-order valence-electron chi connectivity index (χ0n) is 9.98. The van der Waals surface area contributed by atoms with Crippen molar-refractivity contribution in [3.63, 3.8) is 0 Å². The van der Waals surface area contributed by atoms with Gasteiger partial charge in [-0.3, -0.25) is 9.59 Å². The van der Waals surface area contributed by atoms with Gasteiger partial charge in [-0.05, 0) is 40.8 Å². The van der Waals surface area contributed by atoms with E-state index in [1.807, 2.05) is 0 Å². The molecule has 1 atom stereocenters. The van der Waals surface area contributed by atoms with Crippen LogP contribution < -0.4 is 0 Å². The van der Waals surface area contributed by atoms with E-state index in [1.165, 1.54) is 4.90 Å². The Morgan fingerprint density at radius 3 is 2.67 bits per heavy atom. The fraction of sp³-hybridized carbons (Fsp3) is 0.333. The number of aliphatic carboxylic acids is 1. The van der Waals surface area contributed by atoms with E-state index in [4.69, 9.17) is 16.7 Å². The number of carboxylic acids is 1. The van der Waals surface area contributed by atoms with Crippen molar-refractivity contribution in [2.75, 3.05) is 13.6 Å². The number of amides is 1. The molecule has 0 saturated heterocycles. The fourth-order valence-corrected chi connectivity index (χ4v) is 2.18. The Morgan fingerprint density at radius 2 is 2.11 bits per heavy atom. The standard InChI is InChI=1S/C12H13ClINO3/c1-7(12(17)18)6-15(2)11(16)9-5-8(13)3-4-10(9)14/h3-5,7H,6H2,1-2H3,(H,17,18). The average Bonchev–Trinajstić information content (AvgIpc) is 2.31. The van der Waals surface area contributed by atoms with E-state index in [0.717, 1.165) is 3.57 Å². The van der Waals surface area contributed by atoms with Crippen LogP contribution in [0.15, 0.2) is 18.2 Å². The average molecular weight is 382 g/mol. The highest BCUT2D eigenvalue weighted by molar-refractivity contribution is 14.1. The molecule has 0 aliphatic heterocycles. The van der Waals surface area contributed by atoms with Gasteiger partial charge in [-0.15, -0.1) is 0 Å². The highest BCUT2D eigenvalue weighted by atomic mass is 127. The van der Waals surface area contributed by atoms with Gasteiger partial charge in [-0.2, -0.15) is 0 Å². The van der Waals surface area contributed by atoms with Crippen molar-refractivity contribution in [2.24, 2.45) is 5.92 Å². The number of hydrogen-bond acceptors (Lipinski definition) is 2. The number of nitrogens with zero attached hydrogens (tertiary/aromatic N) is 1. The van der Waals surface area contributed by atoms with Crippen LogP contribution in [0.3, 0.4) is 0 Å². The molecule has 1 N–H and O–H groups in total. The molecule has 0 aliphatic carbocycles. The third-order valence-electron chi connectivity index (χ3n) is 2.47. The Labute approximate surface area is 124 Å². The fourth-order valence-electron chi connectivity index (χ4n) is 1.44. The number of carbonyl (C=O) groups excluding carboxylic acids is 1. The summed E-state index contributed by atoms with van der Waals surface area (Å²) in [6.07, 6.45) is 0. The van der Waals surface area contributed by atoms with Crippen molar-refractivity contribution in [1.82, 2.24) is 4.90 Å². The van der Waals surface area contributed by atoms with Gasteiger partial charge >= 0.3 is 5.97 Å². The number of benzene rings is 1. The predicted molar refractivity (Wildman–Crippen MR) is 77.9 cm³/mol. The van der Waals surface area contributed by atoms with Gasteiger partial charge < -0.3 is 10.0 Å². The predicted octanol–water partition coefficient (Wildman–Crippen LogP) is 2.74. The molecule has 98 valence electrons. The molecule has 1 rings (SSSR count). The second-order valence-corrected chi connectivity index (χ2v) is 5.65. The van der Waals surface area contributed by atoms with Crippen LogP contribution in [0.1, 0.15) is 17.3 Å². The largest absolute Gasteiger partial charge is 0.481 e. The molecule has 18 heavy (non-hydrogen) atoms. The normalized spacial score (nSPS) is 12.0. The lowest BCUT2D eigenvalue weighted by Crippen LogP contribution is -2.34. The van der Waals surface area contributed by atoms with Crippen molar-refractivity contribution in [3.05, 3.63) is 32.4 Å². The van der Waals surface area contributed by atoms with Crippen LogP contribution in [-0.4, -0.2) is 35.5 Å². The number of carbonyl (C=O) groups is 2. The summed E-state index contributed by atoms with van der Waals surface area (Å²) < 4.78 is 0.789. The second kappa shape index (κ2) is 6.38. The zero-order valence-corrected chi connectivity index (χ0v) is 12.9. The first-order valence-electron chi connectivity index (χ1n) is 5.26. The quantitative estimate of drug-likeness (QED) is 0.816. The summed E-state index contributed by atoms with van der Waals surface area (Å²) in [7, 11) is 1.58. The van der Waals surface area contributed by atoms with Crippen LogP contribution in [0.5, 0.6) is 0 Å². The molecule has 1 aromatic rings. The van der Waals surface area contributed by atoms with Gasteiger partial charge in [0.15, 0.2) is 0 Å². The van der Waals surface area contributed by atoms with Crippen LogP contribution in [0.25, 0.3) is 0 Å². The minimum absolute atomic E-state index is 0.163. The second-order valence-electron chi connectivity index (χ2n) is 4.05. The SMILES string of the molecule is CC(CN(C)C(=O)c1cc(Cl)ccc1I)C(=O)O. The first kappa shape index (κ1) is 15.2. The Morgan fingerprint density at radius 1 is 1.50 bits per heavy atom. The van der Waals surface area contributed by atoms with E-state index in [-0.39, 0.29) is 12.5 Å². The van der Waals surface area contributed by atoms with Gasteiger partial charge in [-0.25, -0.2) is 0 Å². The topological polar surface area (TPSA) is 57.6 Å². The van der Waals surface area contributed by atoms with Gasteiger partial charge in [0.05, 0.1) is 11.5 Å². The summed E-state index contributed by atoms with van der Waals surface area (Å²) in [4.78, 5) is 24.3. The highest BCUT2D eigenvalue weighted by Gasteiger charge is 2.20. The van der Waals surface area contributed by atoms with Crippen molar-refractivity contribution in [3.8, 4) is 0 Å². The highest BCUT2D eigenvalue weighted by Crippen LogP contribution is 2.19. The molecule has 0 heterocycles. The number of carboxylic acid groups (broad SMARTS) is 1. The first-order chi connectivity index (χ1) is 8.32. The third kappa shape index (κ3) is 3.84. The van der Waals surface area contributed by atoms with Crippen LogP contribution in [0.2, 0.25) is 5.02 Å². The van der Waals surface area contributed by atoms with Crippen molar-refractivity contribution in [2.45, 2.75) is 6.92 Å². The molecule has 0 saturated carbocycles. The minimum Gasteiger partial charge on any atom is -0.481 e. The Bertz CT molecular complexity index is 478. The van der Waals surface area contributed by atoms with E-state index in [9.17, 15) is 9.59 Å². The van der Waals surface area contributed by atoms with Gasteiger partial charge in [0.25, 0.3) is 5.91 Å². The van der Waals surface area contributed by atoms with E-state index in [2.05, 4.69) is 22.6 Å². The molecule has 1 aromatic carbocycles. The van der Waals surface area contributed by atoms with Crippen LogP contribution in [0.4, 0.5) is 0 Å². The third-order valence-corrected chi connectivity index (χ3v) is 3.65. The molecule has 0 spiro atoms. The van der Waals surface area contributed by atoms with Crippen molar-refractivity contribution in [1.29, 1.82) is 0 Å². The molecule has 0 fully saturated rings. The van der Waals surface area contributed by atoms with Gasteiger partial charge in [-0.1, -0.05) is 18.5 Å². The van der Waals surface area contributed by atoms with Gasteiger partial charge in [0, 0.05) is 22.2 Å². The number of halogens is 2. The maximum Gasteiger partial charge on any atom is 0.308 e. The van der Waals surface area contributed by atoms with Crippen LogP contribution in [0, 0.1) is 9.49 Å². The first-order valence-corrected chi connectivity index (χ1v) is 6.72. The Kier molecular flexibility index (Phi) is 5.40. The molecule has 4 nitrogen and oxygen atoms in total. The van der Waals surface area contributed by atoms with Crippen molar-refractivity contribution >= 4 is 46.1 Å². The summed E-state index contributed by atoms with van der Waals surface area (Å²) in [6, 6.07) is 5.05. The molecule has 0 radical (unpaired) electrons. The molecule has 0 aliphatic rings. The monoisotopic (exact) mass is 381 g/mol. The summed E-state index contributed by atoms with van der Waals surface area (Å²) in [6.45, 7) is 1.73. The minimum atomic E-state index is -0.921. The van der Waals surface area contributed by atoms with Gasteiger partial charge in [0.1, 0.15) is 0 Å². The van der Waals surface area contributed by atoms with Gasteiger partial charge in [0.2, 0.25) is 0 Å². The Balaban J connectivity index is 2.86. The molecule has 0 aromatic heterocycles. The van der Waals surface area contributed by atoms with E-state index in [0.29, 0.717) is 10.6 Å². The summed E-state index contributed by atoms with van der Waals surface area (Å²) in [5.41, 5.74) is 0.489. The van der Waals surface area contributed by atoms with E-state index in [1.54, 1.807) is 32.2 Å². The van der Waals surface area contributed by atoms with Crippen molar-refractivity contribution < 1.29 is 14.7 Å². The summed E-state index contributed by atoms with van der Waals surface area (Å²) in [5, 5.41) is 9.31. The molecule has 1 unspecified atom stereocenters. The number of hydrogen-bond donors (Lipinski definition) is 1. The number of rotatable bonds is 4. The summed E-state index contributed by atoms with van der Waals surface area (Å²) in [5.74, 6) is -1.75. The molecule has 1 amide bonds. The van der Waals surface area contributed by atoms with E-state index < -0.39 is 11.9 Å². The van der Waals surface area contributed by atoms with E-state index >= 15 is 0 Å². The lowest BCUT2D eigenvalue weighted by molar-refractivity contribution is -0.141. The smallest absolute Gasteiger partial charge is 0.308 e. The molecule has 6 heteroatoms. The zero-order chi connectivity index (χ0) is 13.9. The maximum absolute atomic E-state index is 12.1.